The fourth-order valence-corrected chi connectivity index (χ4v) is 3.55. The van der Waals surface area contributed by atoms with Crippen molar-refractivity contribution in [1.82, 2.24) is 5.32 Å². The average Bonchev–Trinajstić information content (AvgIpc) is 2.84. The van der Waals surface area contributed by atoms with Crippen molar-refractivity contribution < 1.29 is 4.74 Å². The molecule has 2 heterocycles. The maximum Gasteiger partial charge on any atom is 0.0495 e. The summed E-state index contributed by atoms with van der Waals surface area (Å²) in [7, 11) is 0. The van der Waals surface area contributed by atoms with Crippen LogP contribution in [0.5, 0.6) is 0 Å². The summed E-state index contributed by atoms with van der Waals surface area (Å²) in [6.07, 6.45) is 5.34. The van der Waals surface area contributed by atoms with Crippen LogP contribution in [0.25, 0.3) is 0 Å². The van der Waals surface area contributed by atoms with Gasteiger partial charge in [0.05, 0.1) is 0 Å². The summed E-state index contributed by atoms with van der Waals surface area (Å²) in [5.41, 5.74) is 0. The summed E-state index contributed by atoms with van der Waals surface area (Å²) in [6, 6.07) is 5.07. The second-order valence-corrected chi connectivity index (χ2v) is 6.28. The molecule has 1 aliphatic heterocycles. The monoisotopic (exact) mass is 251 g/mol. The average molecular weight is 251 g/mol. The molecule has 2 nitrogen and oxygen atoms in total. The van der Waals surface area contributed by atoms with Gasteiger partial charge in [-0.25, -0.2) is 0 Å². The summed E-state index contributed by atoms with van der Waals surface area (Å²) in [5, 5.41) is 5.96. The summed E-state index contributed by atoms with van der Waals surface area (Å²) in [5.74, 6) is 1.69. The van der Waals surface area contributed by atoms with E-state index in [1.807, 2.05) is 11.3 Å². The molecule has 1 aromatic rings. The molecule has 17 heavy (non-hydrogen) atoms. The van der Waals surface area contributed by atoms with Gasteiger partial charge in [0, 0.05) is 24.1 Å². The van der Waals surface area contributed by atoms with Gasteiger partial charge >= 0.3 is 0 Å². The number of ether oxygens (including phenoxy) is 1. The van der Waals surface area contributed by atoms with Crippen molar-refractivity contribution in [3.05, 3.63) is 22.4 Å². The molecule has 2 fully saturated rings. The summed E-state index contributed by atoms with van der Waals surface area (Å²) >= 11 is 1.89. The minimum absolute atomic E-state index is 0.623. The molecule has 1 saturated heterocycles. The van der Waals surface area contributed by atoms with Crippen LogP contribution in [-0.4, -0.2) is 19.8 Å². The topological polar surface area (TPSA) is 21.3 Å². The Morgan fingerprint density at radius 3 is 3.00 bits per heavy atom. The third-order valence-electron chi connectivity index (χ3n) is 3.88. The number of hydrogen-bond acceptors (Lipinski definition) is 3. The third kappa shape index (κ3) is 3.09. The first-order valence-electron chi connectivity index (χ1n) is 6.78. The SMILES string of the molecule is c1csc(C(NCCC2CCOC2)C2CC2)c1. The van der Waals surface area contributed by atoms with E-state index in [0.29, 0.717) is 6.04 Å². The third-order valence-corrected chi connectivity index (χ3v) is 4.84. The van der Waals surface area contributed by atoms with E-state index in [4.69, 9.17) is 4.74 Å². The highest BCUT2D eigenvalue weighted by atomic mass is 32.1. The second-order valence-electron chi connectivity index (χ2n) is 5.30. The molecule has 3 rings (SSSR count). The molecule has 2 atom stereocenters. The Kier molecular flexibility index (Phi) is 3.79. The predicted molar refractivity (Wildman–Crippen MR) is 71.3 cm³/mol. The number of hydrogen-bond donors (Lipinski definition) is 1. The maximum absolute atomic E-state index is 5.42. The van der Waals surface area contributed by atoms with E-state index in [0.717, 1.165) is 31.6 Å². The van der Waals surface area contributed by atoms with Gasteiger partial charge in [-0.05, 0) is 55.5 Å². The summed E-state index contributed by atoms with van der Waals surface area (Å²) in [4.78, 5) is 1.52. The lowest BCUT2D eigenvalue weighted by Crippen LogP contribution is -2.25. The van der Waals surface area contributed by atoms with Crippen LogP contribution in [0.3, 0.4) is 0 Å². The zero-order valence-corrected chi connectivity index (χ0v) is 11.0. The van der Waals surface area contributed by atoms with Crippen molar-refractivity contribution in [2.75, 3.05) is 19.8 Å². The van der Waals surface area contributed by atoms with Gasteiger partial charge in [0.15, 0.2) is 0 Å². The molecule has 0 radical (unpaired) electrons. The van der Waals surface area contributed by atoms with Gasteiger partial charge in [-0.2, -0.15) is 0 Å². The molecule has 1 saturated carbocycles. The summed E-state index contributed by atoms with van der Waals surface area (Å²) < 4.78 is 5.42. The largest absolute Gasteiger partial charge is 0.381 e. The zero-order chi connectivity index (χ0) is 11.5. The molecule has 1 aliphatic carbocycles. The van der Waals surface area contributed by atoms with Gasteiger partial charge in [-0.1, -0.05) is 6.07 Å². The van der Waals surface area contributed by atoms with Gasteiger partial charge in [-0.3, -0.25) is 0 Å². The minimum atomic E-state index is 0.623. The highest BCUT2D eigenvalue weighted by Crippen LogP contribution is 2.42. The van der Waals surface area contributed by atoms with E-state index < -0.39 is 0 Å². The maximum atomic E-state index is 5.42. The fourth-order valence-electron chi connectivity index (χ4n) is 2.65. The molecule has 94 valence electrons. The van der Waals surface area contributed by atoms with Crippen molar-refractivity contribution in [3.8, 4) is 0 Å². The molecule has 0 spiro atoms. The molecule has 2 aliphatic rings. The number of nitrogens with one attached hydrogen (secondary N) is 1. The Bertz CT molecular complexity index is 328. The van der Waals surface area contributed by atoms with E-state index in [1.54, 1.807) is 0 Å². The highest BCUT2D eigenvalue weighted by molar-refractivity contribution is 7.10. The first-order chi connectivity index (χ1) is 8.43. The Morgan fingerprint density at radius 1 is 1.41 bits per heavy atom. The van der Waals surface area contributed by atoms with Crippen LogP contribution in [0, 0.1) is 11.8 Å². The van der Waals surface area contributed by atoms with E-state index in [1.165, 1.54) is 30.6 Å². The van der Waals surface area contributed by atoms with Crippen LogP contribution >= 0.6 is 11.3 Å². The van der Waals surface area contributed by atoms with Crippen LogP contribution in [0.2, 0.25) is 0 Å². The van der Waals surface area contributed by atoms with Crippen LogP contribution in [0.15, 0.2) is 17.5 Å². The molecule has 2 unspecified atom stereocenters. The summed E-state index contributed by atoms with van der Waals surface area (Å²) in [6.45, 7) is 3.10. The van der Waals surface area contributed by atoms with Gasteiger partial charge in [0.1, 0.15) is 0 Å². The van der Waals surface area contributed by atoms with E-state index in [2.05, 4.69) is 22.8 Å². The lowest BCUT2D eigenvalue weighted by Gasteiger charge is -2.18. The number of rotatable bonds is 6. The van der Waals surface area contributed by atoms with Crippen molar-refractivity contribution in [2.45, 2.75) is 31.7 Å². The van der Waals surface area contributed by atoms with Crippen molar-refractivity contribution in [3.63, 3.8) is 0 Å². The smallest absolute Gasteiger partial charge is 0.0495 e. The quantitative estimate of drug-likeness (QED) is 0.838. The van der Waals surface area contributed by atoms with Crippen molar-refractivity contribution in [1.29, 1.82) is 0 Å². The second kappa shape index (κ2) is 5.51. The zero-order valence-electron chi connectivity index (χ0n) is 10.2. The molecule has 0 bridgehead atoms. The molecule has 0 aromatic carbocycles. The fraction of sp³-hybridized carbons (Fsp3) is 0.714. The van der Waals surface area contributed by atoms with Gasteiger partial charge < -0.3 is 10.1 Å². The van der Waals surface area contributed by atoms with Crippen LogP contribution in [0.4, 0.5) is 0 Å². The minimum Gasteiger partial charge on any atom is -0.381 e. The Balaban J connectivity index is 1.47. The van der Waals surface area contributed by atoms with E-state index >= 15 is 0 Å². The van der Waals surface area contributed by atoms with Gasteiger partial charge in [0.2, 0.25) is 0 Å². The molecule has 1 N–H and O–H groups in total. The lowest BCUT2D eigenvalue weighted by atomic mass is 10.0. The molecule has 3 heteroatoms. The van der Waals surface area contributed by atoms with Gasteiger partial charge in [-0.15, -0.1) is 11.3 Å². The molecule has 0 amide bonds. The lowest BCUT2D eigenvalue weighted by molar-refractivity contribution is 0.184. The molecular formula is C14H21NOS. The molecular weight excluding hydrogens is 230 g/mol. The Labute approximate surface area is 107 Å². The predicted octanol–water partition coefficient (Wildman–Crippen LogP) is 3.22. The van der Waals surface area contributed by atoms with E-state index in [9.17, 15) is 0 Å². The normalized spacial score (nSPS) is 26.2. The van der Waals surface area contributed by atoms with Crippen molar-refractivity contribution >= 4 is 11.3 Å². The molecule has 1 aromatic heterocycles. The first-order valence-corrected chi connectivity index (χ1v) is 7.66. The Hall–Kier alpha value is -0.380. The van der Waals surface area contributed by atoms with Crippen molar-refractivity contribution in [2.24, 2.45) is 11.8 Å². The first kappa shape index (κ1) is 11.7. The standard InChI is InChI=1S/C14H21NOS/c1-2-13(17-9-1)14(12-3-4-12)15-7-5-11-6-8-16-10-11/h1-2,9,11-12,14-15H,3-8,10H2. The van der Waals surface area contributed by atoms with Gasteiger partial charge in [0.25, 0.3) is 0 Å². The van der Waals surface area contributed by atoms with Crippen LogP contribution < -0.4 is 5.32 Å². The van der Waals surface area contributed by atoms with E-state index in [-0.39, 0.29) is 0 Å². The highest BCUT2D eigenvalue weighted by Gasteiger charge is 2.32. The number of thiophene rings is 1. The Morgan fingerprint density at radius 2 is 2.35 bits per heavy atom. The van der Waals surface area contributed by atoms with Crippen LogP contribution in [-0.2, 0) is 4.74 Å². The van der Waals surface area contributed by atoms with Crippen LogP contribution in [0.1, 0.15) is 36.6 Å².